The van der Waals surface area contributed by atoms with Crippen LogP contribution in [0.4, 0.5) is 0 Å². The fraction of sp³-hybridized carbons (Fsp3) is 0.300. The number of hydrogen-bond donors (Lipinski definition) is 0. The van der Waals surface area contributed by atoms with E-state index in [0.717, 1.165) is 24.2 Å². The lowest BCUT2D eigenvalue weighted by molar-refractivity contribution is 0.0665. The number of pyridine rings is 1. The molecular weight excluding hydrogens is 328 g/mol. The van der Waals surface area contributed by atoms with Crippen LogP contribution in [-0.2, 0) is 13.0 Å². The summed E-state index contributed by atoms with van der Waals surface area (Å²) in [5.74, 6) is 0.804. The van der Waals surface area contributed by atoms with Gasteiger partial charge in [0.2, 0.25) is 0 Å². The molecule has 26 heavy (non-hydrogen) atoms. The molecule has 0 N–H and O–H groups in total. The minimum Gasteiger partial charge on any atom is -0.330 e. The first-order valence-electron chi connectivity index (χ1n) is 8.93. The first kappa shape index (κ1) is 15.3. The predicted molar refractivity (Wildman–Crippen MR) is 96.9 cm³/mol. The van der Waals surface area contributed by atoms with E-state index in [4.69, 9.17) is 4.98 Å². The number of amides is 1. The van der Waals surface area contributed by atoms with Gasteiger partial charge in [-0.3, -0.25) is 19.1 Å². The quantitative estimate of drug-likeness (QED) is 0.676. The van der Waals surface area contributed by atoms with Crippen molar-refractivity contribution in [2.24, 2.45) is 0 Å². The molecule has 1 aromatic carbocycles. The van der Waals surface area contributed by atoms with Crippen molar-refractivity contribution in [2.45, 2.75) is 37.9 Å². The van der Waals surface area contributed by atoms with Crippen molar-refractivity contribution in [1.29, 1.82) is 0 Å². The fourth-order valence-corrected chi connectivity index (χ4v) is 4.30. The normalized spacial score (nSPS) is 21.5. The minimum atomic E-state index is -0.00513. The summed E-state index contributed by atoms with van der Waals surface area (Å²) < 4.78 is 1.78. The monoisotopic (exact) mass is 346 g/mol. The molecule has 1 saturated heterocycles. The molecule has 0 aliphatic carbocycles. The smallest absolute Gasteiger partial charge is 0.261 e. The average molecular weight is 346 g/mol. The Bertz CT molecular complexity index is 1060. The number of rotatable bonds is 1. The molecule has 3 aromatic rings. The lowest BCUT2D eigenvalue weighted by Gasteiger charge is -2.27. The highest BCUT2D eigenvalue weighted by Crippen LogP contribution is 2.32. The number of carbonyl (C=O) groups is 1. The molecule has 1 amide bonds. The largest absolute Gasteiger partial charge is 0.330 e. The molecule has 6 heteroatoms. The maximum Gasteiger partial charge on any atom is 0.261 e. The Balaban J connectivity index is 1.59. The molecule has 6 nitrogen and oxygen atoms in total. The zero-order valence-electron chi connectivity index (χ0n) is 14.2. The summed E-state index contributed by atoms with van der Waals surface area (Å²) in [6, 6.07) is 11.1. The van der Waals surface area contributed by atoms with Crippen molar-refractivity contribution in [2.75, 3.05) is 0 Å². The zero-order valence-corrected chi connectivity index (χ0v) is 14.2. The molecule has 2 aromatic heterocycles. The van der Waals surface area contributed by atoms with Crippen molar-refractivity contribution in [3.8, 4) is 0 Å². The fourth-order valence-electron chi connectivity index (χ4n) is 4.30. The van der Waals surface area contributed by atoms with E-state index < -0.39 is 0 Å². The summed E-state index contributed by atoms with van der Waals surface area (Å²) in [5, 5.41) is 0.640. The van der Waals surface area contributed by atoms with Gasteiger partial charge in [0, 0.05) is 37.0 Å². The molecule has 5 rings (SSSR count). The molecule has 2 atom stereocenters. The maximum atomic E-state index is 13.1. The second-order valence-electron chi connectivity index (χ2n) is 7.00. The Morgan fingerprint density at radius 2 is 1.81 bits per heavy atom. The highest BCUT2D eigenvalue weighted by molar-refractivity contribution is 5.94. The summed E-state index contributed by atoms with van der Waals surface area (Å²) >= 11 is 0. The number of para-hydroxylation sites is 1. The molecule has 130 valence electrons. The highest BCUT2D eigenvalue weighted by atomic mass is 16.2. The molecule has 2 aliphatic rings. The molecule has 0 radical (unpaired) electrons. The second kappa shape index (κ2) is 5.76. The highest BCUT2D eigenvalue weighted by Gasteiger charge is 2.40. The molecular formula is C20H18N4O2. The van der Waals surface area contributed by atoms with Crippen LogP contribution in [0.25, 0.3) is 10.9 Å². The molecule has 0 unspecified atom stereocenters. The number of fused-ring (bicyclic) bond motifs is 4. The SMILES string of the molecule is O=C(c1ccncc1)N1[C@@H]2CC[C@H]1Cn1c(nc3ccccc3c1=O)C2. The molecule has 0 spiro atoms. The van der Waals surface area contributed by atoms with E-state index in [-0.39, 0.29) is 23.6 Å². The Morgan fingerprint density at radius 1 is 1.04 bits per heavy atom. The van der Waals surface area contributed by atoms with Gasteiger partial charge in [0.25, 0.3) is 11.5 Å². The van der Waals surface area contributed by atoms with Crippen LogP contribution in [0.15, 0.2) is 53.6 Å². The summed E-state index contributed by atoms with van der Waals surface area (Å²) in [5.41, 5.74) is 1.37. The number of benzene rings is 1. The average Bonchev–Trinajstić information content (AvgIpc) is 2.98. The van der Waals surface area contributed by atoms with Crippen LogP contribution in [0.5, 0.6) is 0 Å². The minimum absolute atomic E-state index is 0.00513. The lowest BCUT2D eigenvalue weighted by atomic mass is 10.1. The van der Waals surface area contributed by atoms with E-state index in [1.54, 1.807) is 29.1 Å². The summed E-state index contributed by atoms with van der Waals surface area (Å²) in [7, 11) is 0. The van der Waals surface area contributed by atoms with Crippen molar-refractivity contribution >= 4 is 16.8 Å². The van der Waals surface area contributed by atoms with Gasteiger partial charge in [-0.2, -0.15) is 0 Å². The Kier molecular flexibility index (Phi) is 3.38. The zero-order chi connectivity index (χ0) is 17.7. The van der Waals surface area contributed by atoms with Gasteiger partial charge < -0.3 is 4.90 Å². The Morgan fingerprint density at radius 3 is 2.65 bits per heavy atom. The molecule has 4 heterocycles. The van der Waals surface area contributed by atoms with Crippen molar-refractivity contribution < 1.29 is 4.79 Å². The summed E-state index contributed by atoms with van der Waals surface area (Å²) in [6.07, 6.45) is 5.76. The molecule has 0 saturated carbocycles. The van der Waals surface area contributed by atoms with E-state index in [1.165, 1.54) is 0 Å². The van der Waals surface area contributed by atoms with Gasteiger partial charge >= 0.3 is 0 Å². The van der Waals surface area contributed by atoms with E-state index >= 15 is 0 Å². The second-order valence-corrected chi connectivity index (χ2v) is 7.00. The van der Waals surface area contributed by atoms with E-state index in [9.17, 15) is 9.59 Å². The van der Waals surface area contributed by atoms with Gasteiger partial charge in [-0.25, -0.2) is 4.98 Å². The van der Waals surface area contributed by atoms with Gasteiger partial charge in [-0.15, -0.1) is 0 Å². The molecule has 2 bridgehead atoms. The van der Waals surface area contributed by atoms with Crippen LogP contribution in [-0.4, -0.2) is 37.4 Å². The van der Waals surface area contributed by atoms with E-state index in [0.29, 0.717) is 23.9 Å². The number of aromatic nitrogens is 3. The number of hydrogen-bond acceptors (Lipinski definition) is 4. The van der Waals surface area contributed by atoms with E-state index in [1.807, 2.05) is 29.2 Å². The first-order valence-corrected chi connectivity index (χ1v) is 8.93. The van der Waals surface area contributed by atoms with Crippen LogP contribution in [0.2, 0.25) is 0 Å². The van der Waals surface area contributed by atoms with Crippen LogP contribution >= 0.6 is 0 Å². The third-order valence-electron chi connectivity index (χ3n) is 5.53. The van der Waals surface area contributed by atoms with Gasteiger partial charge in [0.05, 0.1) is 16.9 Å². The maximum absolute atomic E-state index is 13.1. The standard InChI is InChI=1S/C20H18N4O2/c25-19(13-7-9-21-10-8-13)24-14-5-6-15(24)12-23-18(11-14)22-17-4-2-1-3-16(17)20(23)26/h1-4,7-10,14-15H,5-6,11-12H2/t14-,15+/m1/s1. The van der Waals surface area contributed by atoms with Gasteiger partial charge in [-0.1, -0.05) is 12.1 Å². The first-order chi connectivity index (χ1) is 12.7. The third kappa shape index (κ3) is 2.25. The lowest BCUT2D eigenvalue weighted by Crippen LogP contribution is -2.42. The van der Waals surface area contributed by atoms with E-state index in [2.05, 4.69) is 4.98 Å². The van der Waals surface area contributed by atoms with Gasteiger partial charge in [0.15, 0.2) is 0 Å². The van der Waals surface area contributed by atoms with Gasteiger partial charge in [0.1, 0.15) is 5.82 Å². The van der Waals surface area contributed by atoms with Crippen LogP contribution in [0, 0.1) is 0 Å². The predicted octanol–water partition coefficient (Wildman–Crippen LogP) is 2.02. The molecule has 1 fully saturated rings. The Hall–Kier alpha value is -3.02. The van der Waals surface area contributed by atoms with Crippen molar-refractivity contribution in [3.63, 3.8) is 0 Å². The van der Waals surface area contributed by atoms with Crippen LogP contribution < -0.4 is 5.56 Å². The van der Waals surface area contributed by atoms with Crippen molar-refractivity contribution in [1.82, 2.24) is 19.4 Å². The molecule has 2 aliphatic heterocycles. The van der Waals surface area contributed by atoms with Crippen molar-refractivity contribution in [3.05, 3.63) is 70.5 Å². The summed E-state index contributed by atoms with van der Waals surface area (Å²) in [4.78, 5) is 36.7. The number of carbonyl (C=O) groups excluding carboxylic acids is 1. The third-order valence-corrected chi connectivity index (χ3v) is 5.53. The van der Waals surface area contributed by atoms with Gasteiger partial charge in [-0.05, 0) is 37.1 Å². The topological polar surface area (TPSA) is 68.1 Å². The van der Waals surface area contributed by atoms with Crippen LogP contribution in [0.1, 0.15) is 29.0 Å². The Labute approximate surface area is 150 Å². The number of nitrogens with zero attached hydrogens (tertiary/aromatic N) is 4. The van der Waals surface area contributed by atoms with Crippen LogP contribution in [0.3, 0.4) is 0 Å². The summed E-state index contributed by atoms with van der Waals surface area (Å²) in [6.45, 7) is 0.513.